The van der Waals surface area contributed by atoms with Gasteiger partial charge < -0.3 is 16.8 Å². The summed E-state index contributed by atoms with van der Waals surface area (Å²) in [6, 6.07) is 15.2. The van der Waals surface area contributed by atoms with E-state index < -0.39 is 5.91 Å². The monoisotopic (exact) mass is 359 g/mol. The molecule has 0 unspecified atom stereocenters. The molecule has 2 aromatic heterocycles. The van der Waals surface area contributed by atoms with Gasteiger partial charge in [-0.2, -0.15) is 14.8 Å². The van der Waals surface area contributed by atoms with Gasteiger partial charge in [-0.15, -0.1) is 0 Å². The zero-order valence-corrected chi connectivity index (χ0v) is 14.3. The molecule has 0 aliphatic carbocycles. The van der Waals surface area contributed by atoms with E-state index in [-0.39, 0.29) is 0 Å². The topological polar surface area (TPSA) is 125 Å². The largest absolute Gasteiger partial charge is 0.394 e. The van der Waals surface area contributed by atoms with Crippen LogP contribution < -0.4 is 16.8 Å². The van der Waals surface area contributed by atoms with Crippen LogP contribution in [-0.4, -0.2) is 25.7 Å². The Labute approximate surface area is 154 Å². The number of fused-ring (bicyclic) bond motifs is 1. The molecular weight excluding hydrogens is 342 g/mol. The van der Waals surface area contributed by atoms with Crippen LogP contribution in [0.5, 0.6) is 0 Å². The summed E-state index contributed by atoms with van der Waals surface area (Å²) in [5.74, 6) is 0.346. The number of benzene rings is 2. The lowest BCUT2D eigenvalue weighted by atomic mass is 10.1. The van der Waals surface area contributed by atoms with Gasteiger partial charge in [0.2, 0.25) is 5.91 Å². The summed E-state index contributed by atoms with van der Waals surface area (Å²) in [5, 5.41) is 8.17. The SMILES string of the molecule is NC(=O)c1cccc2c1cnn2-c1ncc(N)c(NCc2ccccc2)n1. The third-order valence-corrected chi connectivity index (χ3v) is 4.18. The van der Waals surface area contributed by atoms with Crippen molar-refractivity contribution in [2.45, 2.75) is 6.54 Å². The van der Waals surface area contributed by atoms with Gasteiger partial charge in [0.15, 0.2) is 5.82 Å². The number of hydrogen-bond donors (Lipinski definition) is 3. The van der Waals surface area contributed by atoms with Crippen LogP contribution in [0.3, 0.4) is 0 Å². The summed E-state index contributed by atoms with van der Waals surface area (Å²) in [5.41, 5.74) is 14.1. The minimum Gasteiger partial charge on any atom is -0.394 e. The molecule has 0 bridgehead atoms. The molecule has 4 rings (SSSR count). The van der Waals surface area contributed by atoms with Crippen LogP contribution in [0.25, 0.3) is 16.9 Å². The molecule has 0 atom stereocenters. The quantitative estimate of drug-likeness (QED) is 0.501. The molecule has 0 spiro atoms. The number of nitrogens with zero attached hydrogens (tertiary/aromatic N) is 4. The van der Waals surface area contributed by atoms with E-state index >= 15 is 0 Å². The highest BCUT2D eigenvalue weighted by Gasteiger charge is 2.14. The number of carbonyl (C=O) groups excluding carboxylic acids is 1. The predicted octanol–water partition coefficient (Wildman–Crippen LogP) is 2.11. The molecule has 134 valence electrons. The maximum atomic E-state index is 11.6. The van der Waals surface area contributed by atoms with Crippen LogP contribution >= 0.6 is 0 Å². The second kappa shape index (κ2) is 6.75. The van der Waals surface area contributed by atoms with Gasteiger partial charge in [-0.05, 0) is 17.7 Å². The summed E-state index contributed by atoms with van der Waals surface area (Å²) in [4.78, 5) is 20.4. The maximum absolute atomic E-state index is 11.6. The average molecular weight is 359 g/mol. The fraction of sp³-hybridized carbons (Fsp3) is 0.0526. The van der Waals surface area contributed by atoms with Gasteiger partial charge in [0.25, 0.3) is 5.95 Å². The molecule has 8 nitrogen and oxygen atoms in total. The van der Waals surface area contributed by atoms with E-state index in [0.717, 1.165) is 5.56 Å². The summed E-state index contributed by atoms with van der Waals surface area (Å²) >= 11 is 0. The fourth-order valence-corrected chi connectivity index (χ4v) is 2.83. The van der Waals surface area contributed by atoms with Crippen molar-refractivity contribution in [1.29, 1.82) is 0 Å². The van der Waals surface area contributed by atoms with Crippen LogP contribution in [0.1, 0.15) is 15.9 Å². The Hall–Kier alpha value is -3.94. The van der Waals surface area contributed by atoms with Crippen molar-refractivity contribution in [2.75, 3.05) is 11.1 Å². The van der Waals surface area contributed by atoms with Crippen molar-refractivity contribution < 1.29 is 4.79 Å². The van der Waals surface area contributed by atoms with Gasteiger partial charge >= 0.3 is 0 Å². The second-order valence-corrected chi connectivity index (χ2v) is 5.97. The van der Waals surface area contributed by atoms with Crippen LogP contribution in [0, 0.1) is 0 Å². The lowest BCUT2D eigenvalue weighted by molar-refractivity contribution is 0.100. The molecule has 5 N–H and O–H groups in total. The fourth-order valence-electron chi connectivity index (χ4n) is 2.83. The van der Waals surface area contributed by atoms with E-state index in [0.29, 0.717) is 40.5 Å². The van der Waals surface area contributed by atoms with Gasteiger partial charge in [0.05, 0.1) is 29.2 Å². The minimum atomic E-state index is -0.511. The van der Waals surface area contributed by atoms with E-state index in [1.165, 1.54) is 6.20 Å². The standard InChI is InChI=1S/C19H17N7O/c20-15-11-23-19(25-18(15)22-9-12-5-2-1-3-6-12)26-16-8-4-7-13(17(21)27)14(16)10-24-26/h1-8,10-11H,9,20H2,(H2,21,27)(H,22,23,25). The van der Waals surface area contributed by atoms with E-state index in [9.17, 15) is 4.79 Å². The highest BCUT2D eigenvalue weighted by atomic mass is 16.1. The van der Waals surface area contributed by atoms with Crippen LogP contribution in [0.2, 0.25) is 0 Å². The number of primary amides is 1. The van der Waals surface area contributed by atoms with E-state index in [2.05, 4.69) is 20.4 Å². The number of rotatable bonds is 5. The van der Waals surface area contributed by atoms with Crippen molar-refractivity contribution in [3.63, 3.8) is 0 Å². The zero-order valence-electron chi connectivity index (χ0n) is 14.3. The Kier molecular flexibility index (Phi) is 4.13. The first-order chi connectivity index (χ1) is 13.1. The van der Waals surface area contributed by atoms with Gasteiger partial charge in [0, 0.05) is 11.9 Å². The summed E-state index contributed by atoms with van der Waals surface area (Å²) < 4.78 is 1.55. The summed E-state index contributed by atoms with van der Waals surface area (Å²) in [7, 11) is 0. The zero-order chi connectivity index (χ0) is 18.8. The molecule has 4 aromatic rings. The van der Waals surface area contributed by atoms with E-state index in [1.807, 2.05) is 36.4 Å². The molecule has 27 heavy (non-hydrogen) atoms. The van der Waals surface area contributed by atoms with Gasteiger partial charge in [-0.1, -0.05) is 36.4 Å². The molecule has 0 saturated heterocycles. The number of aromatic nitrogens is 4. The first-order valence-corrected chi connectivity index (χ1v) is 8.31. The van der Waals surface area contributed by atoms with Crippen LogP contribution in [-0.2, 0) is 6.54 Å². The van der Waals surface area contributed by atoms with Crippen molar-refractivity contribution in [3.05, 3.63) is 72.1 Å². The molecule has 0 fully saturated rings. The first-order valence-electron chi connectivity index (χ1n) is 8.31. The number of nitrogen functional groups attached to an aromatic ring is 1. The van der Waals surface area contributed by atoms with Crippen molar-refractivity contribution >= 4 is 28.3 Å². The normalized spacial score (nSPS) is 10.8. The van der Waals surface area contributed by atoms with Gasteiger partial charge in [-0.3, -0.25) is 4.79 Å². The highest BCUT2D eigenvalue weighted by molar-refractivity contribution is 6.05. The second-order valence-electron chi connectivity index (χ2n) is 5.97. The molecule has 2 heterocycles. The smallest absolute Gasteiger partial charge is 0.253 e. The Balaban J connectivity index is 1.70. The number of nitrogens with two attached hydrogens (primary N) is 2. The van der Waals surface area contributed by atoms with Gasteiger partial charge in [0.1, 0.15) is 0 Å². The third-order valence-electron chi connectivity index (χ3n) is 4.18. The maximum Gasteiger partial charge on any atom is 0.253 e. The molecular formula is C19H17N7O. The molecule has 2 aromatic carbocycles. The first kappa shape index (κ1) is 16.5. The lowest BCUT2D eigenvalue weighted by Crippen LogP contribution is -2.11. The number of anilines is 2. The molecule has 8 heteroatoms. The molecule has 1 amide bonds. The van der Waals surface area contributed by atoms with Crippen LogP contribution in [0.4, 0.5) is 11.5 Å². The van der Waals surface area contributed by atoms with Crippen molar-refractivity contribution in [2.24, 2.45) is 5.73 Å². The molecule has 0 aliphatic rings. The number of amides is 1. The summed E-state index contributed by atoms with van der Waals surface area (Å²) in [6.07, 6.45) is 3.10. The van der Waals surface area contributed by atoms with Gasteiger partial charge in [-0.25, -0.2) is 4.98 Å². The number of nitrogens with one attached hydrogen (secondary N) is 1. The average Bonchev–Trinajstić information content (AvgIpc) is 3.12. The van der Waals surface area contributed by atoms with E-state index in [4.69, 9.17) is 11.5 Å². The Morgan fingerprint density at radius 3 is 2.67 bits per heavy atom. The molecule has 0 aliphatic heterocycles. The predicted molar refractivity (Wildman–Crippen MR) is 103 cm³/mol. The molecule has 0 saturated carbocycles. The number of carbonyl (C=O) groups is 1. The highest BCUT2D eigenvalue weighted by Crippen LogP contribution is 2.22. The summed E-state index contributed by atoms with van der Waals surface area (Å²) in [6.45, 7) is 0.577. The van der Waals surface area contributed by atoms with Crippen LogP contribution in [0.15, 0.2) is 60.9 Å². The third kappa shape index (κ3) is 3.15. The van der Waals surface area contributed by atoms with Crippen molar-refractivity contribution in [3.8, 4) is 5.95 Å². The number of hydrogen-bond acceptors (Lipinski definition) is 6. The molecule has 0 radical (unpaired) electrons. The Bertz CT molecular complexity index is 1120. The minimum absolute atomic E-state index is 0.344. The van der Waals surface area contributed by atoms with Crippen molar-refractivity contribution in [1.82, 2.24) is 19.7 Å². The van der Waals surface area contributed by atoms with E-state index in [1.54, 1.807) is 23.0 Å². The Morgan fingerprint density at radius 1 is 1.07 bits per heavy atom. The Morgan fingerprint density at radius 2 is 1.89 bits per heavy atom. The lowest BCUT2D eigenvalue weighted by Gasteiger charge is -2.10.